The minimum absolute atomic E-state index is 0. The third-order valence-electron chi connectivity index (χ3n) is 1.44. The maximum absolute atomic E-state index is 10.8. The molecule has 1 unspecified atom stereocenters. The van der Waals surface area contributed by atoms with Crippen LogP contribution in [0.4, 0.5) is 0 Å². The van der Waals surface area contributed by atoms with Gasteiger partial charge in [-0.3, -0.25) is 4.79 Å². The van der Waals surface area contributed by atoms with Crippen LogP contribution in [0.15, 0.2) is 0 Å². The summed E-state index contributed by atoms with van der Waals surface area (Å²) in [5, 5.41) is 0. The minimum Gasteiger partial charge on any atom is -0.469 e. The van der Waals surface area contributed by atoms with Crippen LogP contribution in [-0.4, -0.2) is 19.6 Å². The first-order chi connectivity index (χ1) is 4.72. The largest absolute Gasteiger partial charge is 0.469 e. The van der Waals surface area contributed by atoms with Crippen molar-refractivity contribution in [2.75, 3.05) is 13.7 Å². The molecule has 1 atom stereocenters. The van der Waals surface area contributed by atoms with E-state index in [0.29, 0.717) is 6.54 Å². The van der Waals surface area contributed by atoms with Gasteiger partial charge < -0.3 is 16.6 Å². The Labute approximate surface area is 67.7 Å². The predicted octanol–water partition coefficient (Wildman–Crippen LogP) is 0.696. The summed E-state index contributed by atoms with van der Waals surface area (Å²) < 4.78 is 4.53. The maximum atomic E-state index is 10.8. The predicted molar refractivity (Wildman–Crippen MR) is 44.5 cm³/mol. The molecule has 0 aromatic carbocycles. The van der Waals surface area contributed by atoms with Crippen molar-refractivity contribution < 1.29 is 9.53 Å². The third-order valence-corrected chi connectivity index (χ3v) is 1.44. The summed E-state index contributed by atoms with van der Waals surface area (Å²) >= 11 is 0. The molecule has 0 saturated carbocycles. The molecule has 0 amide bonds. The molecule has 11 heavy (non-hydrogen) atoms. The molecule has 0 aliphatic carbocycles. The molecule has 0 aliphatic rings. The van der Waals surface area contributed by atoms with Crippen LogP contribution >= 0.6 is 0 Å². The molecule has 0 heterocycles. The van der Waals surface area contributed by atoms with Crippen molar-refractivity contribution in [3.05, 3.63) is 0 Å². The second kappa shape index (κ2) is 7.50. The van der Waals surface area contributed by atoms with Crippen molar-refractivity contribution in [2.24, 2.45) is 11.7 Å². The molecule has 0 saturated heterocycles. The Morgan fingerprint density at radius 3 is 2.55 bits per heavy atom. The molecule has 5 N–H and O–H groups in total. The van der Waals surface area contributed by atoms with Crippen molar-refractivity contribution >= 4 is 5.97 Å². The molecular formula is C7H18N2O2. The highest BCUT2D eigenvalue weighted by Crippen LogP contribution is 2.05. The summed E-state index contributed by atoms with van der Waals surface area (Å²) in [7, 11) is 1.40. The Kier molecular flexibility index (Phi) is 8.87. The van der Waals surface area contributed by atoms with Gasteiger partial charge in [-0.15, -0.1) is 0 Å². The highest BCUT2D eigenvalue weighted by Gasteiger charge is 2.10. The molecule has 0 aromatic rings. The average molecular weight is 162 g/mol. The van der Waals surface area contributed by atoms with Gasteiger partial charge >= 0.3 is 5.97 Å². The van der Waals surface area contributed by atoms with Gasteiger partial charge in [0.05, 0.1) is 13.0 Å². The van der Waals surface area contributed by atoms with Crippen LogP contribution < -0.4 is 11.9 Å². The minimum atomic E-state index is -0.145. The fraction of sp³-hybridized carbons (Fsp3) is 0.857. The zero-order chi connectivity index (χ0) is 7.98. The number of carbonyl (C=O) groups is 1. The summed E-state index contributed by atoms with van der Waals surface area (Å²) in [5.74, 6) is -0.151. The lowest BCUT2D eigenvalue weighted by Crippen LogP contribution is -2.14. The summed E-state index contributed by atoms with van der Waals surface area (Å²) in [6.07, 6.45) is 1.71. The molecule has 4 nitrogen and oxygen atoms in total. The topological polar surface area (TPSA) is 87.3 Å². The quantitative estimate of drug-likeness (QED) is 0.595. The van der Waals surface area contributed by atoms with Gasteiger partial charge in [-0.25, -0.2) is 0 Å². The van der Waals surface area contributed by atoms with Crippen molar-refractivity contribution in [2.45, 2.75) is 19.8 Å². The number of hydrogen-bond acceptors (Lipinski definition) is 4. The summed E-state index contributed by atoms with van der Waals surface area (Å²) in [5.41, 5.74) is 5.27. The molecule has 0 aromatic heterocycles. The Bertz CT molecular complexity index is 107. The second-order valence-electron chi connectivity index (χ2n) is 2.36. The molecule has 0 fully saturated rings. The van der Waals surface area contributed by atoms with Gasteiger partial charge in [0, 0.05) is 0 Å². The van der Waals surface area contributed by atoms with Gasteiger partial charge in [0.2, 0.25) is 0 Å². The fourth-order valence-electron chi connectivity index (χ4n) is 0.743. The highest BCUT2D eigenvalue weighted by molar-refractivity contribution is 5.71. The van der Waals surface area contributed by atoms with Gasteiger partial charge in [0.15, 0.2) is 0 Å². The summed E-state index contributed by atoms with van der Waals surface area (Å²) in [4.78, 5) is 10.8. The molecule has 0 aliphatic heterocycles. The lowest BCUT2D eigenvalue weighted by atomic mass is 10.1. The summed E-state index contributed by atoms with van der Waals surface area (Å²) in [6.45, 7) is 2.49. The Morgan fingerprint density at radius 2 is 2.18 bits per heavy atom. The van der Waals surface area contributed by atoms with E-state index in [1.807, 2.05) is 6.92 Å². The zero-order valence-corrected chi connectivity index (χ0v) is 7.30. The second-order valence-corrected chi connectivity index (χ2v) is 2.36. The first-order valence-corrected chi connectivity index (χ1v) is 3.50. The van der Waals surface area contributed by atoms with Crippen molar-refractivity contribution in [3.8, 4) is 0 Å². The van der Waals surface area contributed by atoms with Gasteiger partial charge in [-0.05, 0) is 19.4 Å². The molecule has 68 valence electrons. The van der Waals surface area contributed by atoms with E-state index in [9.17, 15) is 4.79 Å². The smallest absolute Gasteiger partial charge is 0.308 e. The number of nitrogens with two attached hydrogens (primary N) is 1. The highest BCUT2D eigenvalue weighted by atomic mass is 16.5. The van der Waals surface area contributed by atoms with Crippen LogP contribution in [0.3, 0.4) is 0 Å². The van der Waals surface area contributed by atoms with Crippen LogP contribution in [0.2, 0.25) is 0 Å². The fourth-order valence-corrected chi connectivity index (χ4v) is 0.743. The number of carbonyl (C=O) groups excluding carboxylic acids is 1. The van der Waals surface area contributed by atoms with Gasteiger partial charge in [0.25, 0.3) is 0 Å². The van der Waals surface area contributed by atoms with Crippen molar-refractivity contribution in [1.29, 1.82) is 0 Å². The first kappa shape index (κ1) is 13.0. The third kappa shape index (κ3) is 5.82. The SMILES string of the molecule is COC(=O)C(C)CCCN.N. The van der Waals surface area contributed by atoms with Crippen LogP contribution in [0.5, 0.6) is 0 Å². The van der Waals surface area contributed by atoms with E-state index in [2.05, 4.69) is 4.74 Å². The molecule has 4 heteroatoms. The number of methoxy groups -OCH3 is 1. The molecule has 0 rings (SSSR count). The number of rotatable bonds is 4. The van der Waals surface area contributed by atoms with Gasteiger partial charge in [0.1, 0.15) is 0 Å². The Balaban J connectivity index is 0. The lowest BCUT2D eigenvalue weighted by molar-refractivity contribution is -0.145. The van der Waals surface area contributed by atoms with Crippen LogP contribution in [0.1, 0.15) is 19.8 Å². The molecule has 0 spiro atoms. The van der Waals surface area contributed by atoms with Gasteiger partial charge in [-0.1, -0.05) is 6.92 Å². The monoisotopic (exact) mass is 162 g/mol. The average Bonchev–Trinajstić information content (AvgIpc) is 1.98. The number of ether oxygens (including phenoxy) is 1. The van der Waals surface area contributed by atoms with E-state index < -0.39 is 0 Å². The molecule has 0 bridgehead atoms. The van der Waals surface area contributed by atoms with Crippen LogP contribution in [-0.2, 0) is 9.53 Å². The maximum Gasteiger partial charge on any atom is 0.308 e. The number of esters is 1. The van der Waals surface area contributed by atoms with E-state index in [1.165, 1.54) is 7.11 Å². The first-order valence-electron chi connectivity index (χ1n) is 3.50. The standard InChI is InChI=1S/C7H15NO2.H3N/c1-6(4-3-5-8)7(9)10-2;/h6H,3-5,8H2,1-2H3;1H3. The van der Waals surface area contributed by atoms with Crippen molar-refractivity contribution in [3.63, 3.8) is 0 Å². The molecular weight excluding hydrogens is 144 g/mol. The van der Waals surface area contributed by atoms with E-state index in [-0.39, 0.29) is 18.0 Å². The normalized spacial score (nSPS) is 11.5. The van der Waals surface area contributed by atoms with Crippen LogP contribution in [0, 0.1) is 5.92 Å². The van der Waals surface area contributed by atoms with E-state index in [1.54, 1.807) is 0 Å². The van der Waals surface area contributed by atoms with Crippen LogP contribution in [0.25, 0.3) is 0 Å². The van der Waals surface area contributed by atoms with Crippen molar-refractivity contribution in [1.82, 2.24) is 6.15 Å². The number of hydrogen-bond donors (Lipinski definition) is 2. The Morgan fingerprint density at radius 1 is 1.64 bits per heavy atom. The zero-order valence-electron chi connectivity index (χ0n) is 7.30. The van der Waals surface area contributed by atoms with E-state index in [0.717, 1.165) is 12.8 Å². The lowest BCUT2D eigenvalue weighted by Gasteiger charge is -2.06. The Hall–Kier alpha value is -0.610. The van der Waals surface area contributed by atoms with Gasteiger partial charge in [-0.2, -0.15) is 0 Å². The van der Waals surface area contributed by atoms with E-state index in [4.69, 9.17) is 5.73 Å². The summed E-state index contributed by atoms with van der Waals surface area (Å²) in [6, 6.07) is 0. The molecule has 0 radical (unpaired) electrons. The van der Waals surface area contributed by atoms with E-state index >= 15 is 0 Å².